The minimum absolute atomic E-state index is 0.699. The van der Waals surface area contributed by atoms with Crippen molar-refractivity contribution in [3.8, 4) is 10.6 Å². The molecule has 2 rings (SSSR count). The molecule has 1 aromatic heterocycles. The fourth-order valence-corrected chi connectivity index (χ4v) is 2.87. The van der Waals surface area contributed by atoms with Crippen molar-refractivity contribution in [3.05, 3.63) is 33.2 Å². The van der Waals surface area contributed by atoms with Crippen molar-refractivity contribution in [2.75, 3.05) is 6.54 Å². The molecule has 0 aliphatic carbocycles. The van der Waals surface area contributed by atoms with Crippen molar-refractivity contribution in [2.24, 2.45) is 5.73 Å². The fourth-order valence-electron chi connectivity index (χ4n) is 1.54. The maximum Gasteiger partial charge on any atom is 0.148 e. The molecular weight excluding hydrogens is 298 g/mol. The average Bonchev–Trinajstić information content (AvgIpc) is 2.78. The summed E-state index contributed by atoms with van der Waals surface area (Å²) >= 11 is 5.13. The molecule has 0 spiro atoms. The van der Waals surface area contributed by atoms with E-state index < -0.39 is 0 Å². The van der Waals surface area contributed by atoms with Gasteiger partial charge >= 0.3 is 0 Å². The average molecular weight is 312 g/mol. The van der Waals surface area contributed by atoms with E-state index in [0.29, 0.717) is 6.54 Å². The topological polar surface area (TPSA) is 51.8 Å². The highest BCUT2D eigenvalue weighted by Gasteiger charge is 2.09. The SMILES string of the molecule is Cc1ccc(Br)cc1-c1nnc(CCCN)s1. The van der Waals surface area contributed by atoms with Gasteiger partial charge in [-0.25, -0.2) is 0 Å². The van der Waals surface area contributed by atoms with E-state index in [0.717, 1.165) is 32.9 Å². The molecule has 0 aliphatic heterocycles. The molecule has 0 atom stereocenters. The number of aromatic nitrogens is 2. The number of nitrogens with zero attached hydrogens (tertiary/aromatic N) is 2. The highest BCUT2D eigenvalue weighted by atomic mass is 79.9. The predicted octanol–water partition coefficient (Wildman–Crippen LogP) is 3.17. The van der Waals surface area contributed by atoms with Gasteiger partial charge in [0.25, 0.3) is 0 Å². The zero-order valence-corrected chi connectivity index (χ0v) is 12.0. The van der Waals surface area contributed by atoms with Gasteiger partial charge < -0.3 is 5.73 Å². The molecule has 0 amide bonds. The molecular formula is C12H14BrN3S. The lowest BCUT2D eigenvalue weighted by atomic mass is 10.1. The Balaban J connectivity index is 2.27. The van der Waals surface area contributed by atoms with Crippen LogP contribution in [0, 0.1) is 6.92 Å². The van der Waals surface area contributed by atoms with Crippen LogP contribution in [0.3, 0.4) is 0 Å². The Morgan fingerprint density at radius 3 is 2.94 bits per heavy atom. The molecule has 2 N–H and O–H groups in total. The Bertz CT molecular complexity index is 510. The quantitative estimate of drug-likeness (QED) is 0.943. The number of rotatable bonds is 4. The Labute approximate surface area is 113 Å². The van der Waals surface area contributed by atoms with E-state index in [-0.39, 0.29) is 0 Å². The zero-order chi connectivity index (χ0) is 12.3. The lowest BCUT2D eigenvalue weighted by molar-refractivity contribution is 0.812. The minimum Gasteiger partial charge on any atom is -0.330 e. The third kappa shape index (κ3) is 3.12. The van der Waals surface area contributed by atoms with Crippen LogP contribution < -0.4 is 5.73 Å². The summed E-state index contributed by atoms with van der Waals surface area (Å²) in [6, 6.07) is 6.21. The molecule has 1 aromatic carbocycles. The van der Waals surface area contributed by atoms with E-state index in [9.17, 15) is 0 Å². The monoisotopic (exact) mass is 311 g/mol. The van der Waals surface area contributed by atoms with Gasteiger partial charge in [-0.05, 0) is 37.6 Å². The third-order valence-corrected chi connectivity index (χ3v) is 4.00. The van der Waals surface area contributed by atoms with Crippen LogP contribution in [0.5, 0.6) is 0 Å². The van der Waals surface area contributed by atoms with Gasteiger partial charge in [-0.3, -0.25) is 0 Å². The number of aryl methyl sites for hydroxylation is 2. The van der Waals surface area contributed by atoms with Crippen molar-refractivity contribution in [2.45, 2.75) is 19.8 Å². The first-order valence-electron chi connectivity index (χ1n) is 5.49. The highest BCUT2D eigenvalue weighted by molar-refractivity contribution is 9.10. The molecule has 17 heavy (non-hydrogen) atoms. The first-order valence-corrected chi connectivity index (χ1v) is 7.10. The first kappa shape index (κ1) is 12.7. The van der Waals surface area contributed by atoms with Gasteiger partial charge in [0.2, 0.25) is 0 Å². The van der Waals surface area contributed by atoms with Crippen molar-refractivity contribution < 1.29 is 0 Å². The van der Waals surface area contributed by atoms with Crippen molar-refractivity contribution >= 4 is 27.3 Å². The Hall–Kier alpha value is -0.780. The van der Waals surface area contributed by atoms with E-state index in [1.54, 1.807) is 11.3 Å². The number of benzene rings is 1. The highest BCUT2D eigenvalue weighted by Crippen LogP contribution is 2.29. The van der Waals surface area contributed by atoms with Crippen LogP contribution in [-0.2, 0) is 6.42 Å². The minimum atomic E-state index is 0.699. The predicted molar refractivity (Wildman–Crippen MR) is 75.2 cm³/mol. The van der Waals surface area contributed by atoms with Crippen LogP contribution in [0.2, 0.25) is 0 Å². The lowest BCUT2D eigenvalue weighted by Gasteiger charge is -2.01. The van der Waals surface area contributed by atoms with E-state index >= 15 is 0 Å². The molecule has 0 radical (unpaired) electrons. The Morgan fingerprint density at radius 1 is 1.35 bits per heavy atom. The normalized spacial score (nSPS) is 10.8. The number of hydrogen-bond acceptors (Lipinski definition) is 4. The number of halogens is 1. The third-order valence-electron chi connectivity index (χ3n) is 2.49. The molecule has 0 aliphatic rings. The summed E-state index contributed by atoms with van der Waals surface area (Å²) in [4.78, 5) is 0. The summed E-state index contributed by atoms with van der Waals surface area (Å²) in [7, 11) is 0. The van der Waals surface area contributed by atoms with Crippen LogP contribution in [0.15, 0.2) is 22.7 Å². The molecule has 5 heteroatoms. The van der Waals surface area contributed by atoms with Gasteiger partial charge in [0.1, 0.15) is 10.0 Å². The second-order valence-electron chi connectivity index (χ2n) is 3.85. The van der Waals surface area contributed by atoms with Crippen LogP contribution in [0.4, 0.5) is 0 Å². The van der Waals surface area contributed by atoms with Crippen LogP contribution in [0.25, 0.3) is 10.6 Å². The second-order valence-corrected chi connectivity index (χ2v) is 5.83. The van der Waals surface area contributed by atoms with Gasteiger partial charge in [-0.2, -0.15) is 0 Å². The van der Waals surface area contributed by atoms with E-state index in [2.05, 4.69) is 45.2 Å². The maximum absolute atomic E-state index is 5.49. The molecule has 3 nitrogen and oxygen atoms in total. The van der Waals surface area contributed by atoms with Gasteiger partial charge in [-0.1, -0.05) is 33.3 Å². The summed E-state index contributed by atoms with van der Waals surface area (Å²) in [5, 5.41) is 10.5. The number of nitrogens with two attached hydrogens (primary N) is 1. The van der Waals surface area contributed by atoms with E-state index in [1.165, 1.54) is 5.56 Å². The summed E-state index contributed by atoms with van der Waals surface area (Å²) in [5.41, 5.74) is 7.85. The molecule has 1 heterocycles. The molecule has 0 unspecified atom stereocenters. The van der Waals surface area contributed by atoms with E-state index in [1.807, 2.05) is 6.07 Å². The van der Waals surface area contributed by atoms with Crippen LogP contribution in [-0.4, -0.2) is 16.7 Å². The Morgan fingerprint density at radius 2 is 2.18 bits per heavy atom. The standard InChI is InChI=1S/C12H14BrN3S/c1-8-4-5-9(13)7-10(8)12-16-15-11(17-12)3-2-6-14/h4-5,7H,2-3,6,14H2,1H3. The zero-order valence-electron chi connectivity index (χ0n) is 9.61. The summed E-state index contributed by atoms with van der Waals surface area (Å²) in [5.74, 6) is 0. The summed E-state index contributed by atoms with van der Waals surface area (Å²) in [6.07, 6.45) is 1.88. The van der Waals surface area contributed by atoms with Crippen molar-refractivity contribution in [1.29, 1.82) is 0 Å². The summed E-state index contributed by atoms with van der Waals surface area (Å²) < 4.78 is 1.07. The van der Waals surface area contributed by atoms with Crippen LogP contribution in [0.1, 0.15) is 17.0 Å². The first-order chi connectivity index (χ1) is 8.20. The summed E-state index contributed by atoms with van der Waals surface area (Å²) in [6.45, 7) is 2.79. The Kier molecular flexibility index (Phi) is 4.25. The smallest absolute Gasteiger partial charge is 0.148 e. The molecule has 90 valence electrons. The molecule has 0 saturated heterocycles. The molecule has 2 aromatic rings. The second kappa shape index (κ2) is 5.71. The molecule has 0 fully saturated rings. The van der Waals surface area contributed by atoms with Gasteiger partial charge in [0.15, 0.2) is 0 Å². The van der Waals surface area contributed by atoms with Crippen LogP contribution >= 0.6 is 27.3 Å². The van der Waals surface area contributed by atoms with Gasteiger partial charge in [-0.15, -0.1) is 10.2 Å². The molecule has 0 saturated carbocycles. The maximum atomic E-state index is 5.49. The number of hydrogen-bond donors (Lipinski definition) is 1. The van der Waals surface area contributed by atoms with Crippen molar-refractivity contribution in [3.63, 3.8) is 0 Å². The largest absolute Gasteiger partial charge is 0.330 e. The van der Waals surface area contributed by atoms with E-state index in [4.69, 9.17) is 5.73 Å². The van der Waals surface area contributed by atoms with Crippen molar-refractivity contribution in [1.82, 2.24) is 10.2 Å². The lowest BCUT2D eigenvalue weighted by Crippen LogP contribution is -1.99. The van der Waals surface area contributed by atoms with Gasteiger partial charge in [0, 0.05) is 16.5 Å². The fraction of sp³-hybridized carbons (Fsp3) is 0.333. The molecule has 0 bridgehead atoms. The van der Waals surface area contributed by atoms with Gasteiger partial charge in [0.05, 0.1) is 0 Å².